The summed E-state index contributed by atoms with van der Waals surface area (Å²) in [7, 11) is 3.44. The first-order valence-corrected chi connectivity index (χ1v) is 18.3. The van der Waals surface area contributed by atoms with Gasteiger partial charge in [-0.3, -0.25) is 0 Å². The minimum absolute atomic E-state index is 0.0468. The SMILES string of the molecule is COC(=O)N(C)CC12CCCC1C1CCC3C4(C)CC=C(c5ccc(C(=O)OC(C)(C)C)cc5)C(C)(C)C4CCC3(C)[C@]1(C)CC2. The highest BCUT2D eigenvalue weighted by atomic mass is 16.6. The lowest BCUT2D eigenvalue weighted by atomic mass is 9.32. The number of hydrogen-bond acceptors (Lipinski definition) is 4. The number of allylic oxidation sites excluding steroid dienone is 2. The smallest absolute Gasteiger partial charge is 0.409 e. The van der Waals surface area contributed by atoms with E-state index in [9.17, 15) is 9.59 Å². The van der Waals surface area contributed by atoms with Crippen molar-refractivity contribution in [2.75, 3.05) is 20.7 Å². The minimum atomic E-state index is -0.501. The van der Waals surface area contributed by atoms with Crippen LogP contribution in [-0.4, -0.2) is 43.3 Å². The second-order valence-electron chi connectivity index (χ2n) is 18.5. The standard InChI is InChI=1S/C41H61NO4/c1-36(2,3)46-34(43)28-15-13-27(14-16-28)29-19-22-38(6)32(37(29,4)5)20-23-40(8)33(38)18-17-30-31-12-11-21-41(31,25-24-39(30,40)7)26-42(9)35(44)45-10/h13-16,19,30-33H,11-12,17-18,20-26H2,1-10H3/t30?,31?,32?,33?,38?,39-,40?,41?/m1/s1. The van der Waals surface area contributed by atoms with Crippen LogP contribution in [0.25, 0.3) is 5.57 Å². The molecule has 0 saturated heterocycles. The Balaban J connectivity index is 1.26. The molecule has 4 fully saturated rings. The lowest BCUT2D eigenvalue weighted by Gasteiger charge is -2.72. The molecule has 1 amide bonds. The fourth-order valence-corrected chi connectivity index (χ4v) is 12.9. The van der Waals surface area contributed by atoms with Crippen molar-refractivity contribution < 1.29 is 19.1 Å². The largest absolute Gasteiger partial charge is 0.456 e. The molecule has 5 heteroatoms. The molecule has 254 valence electrons. The van der Waals surface area contributed by atoms with E-state index in [2.05, 4.69) is 52.8 Å². The van der Waals surface area contributed by atoms with Gasteiger partial charge in [0.25, 0.3) is 0 Å². The van der Waals surface area contributed by atoms with Crippen molar-refractivity contribution in [3.63, 3.8) is 0 Å². The van der Waals surface area contributed by atoms with Crippen molar-refractivity contribution in [3.8, 4) is 0 Å². The third-order valence-corrected chi connectivity index (χ3v) is 15.0. The molecule has 0 radical (unpaired) electrons. The lowest BCUT2D eigenvalue weighted by molar-refractivity contribution is -0.223. The van der Waals surface area contributed by atoms with Crippen molar-refractivity contribution >= 4 is 17.6 Å². The highest BCUT2D eigenvalue weighted by Crippen LogP contribution is 2.77. The predicted molar refractivity (Wildman–Crippen MR) is 185 cm³/mol. The lowest BCUT2D eigenvalue weighted by Crippen LogP contribution is -2.65. The molecule has 6 rings (SSSR count). The Bertz CT molecular complexity index is 1390. The van der Waals surface area contributed by atoms with E-state index >= 15 is 0 Å². The first kappa shape index (κ1) is 33.6. The molecule has 8 atom stereocenters. The molecule has 0 heterocycles. The molecule has 0 aromatic heterocycles. The summed E-state index contributed by atoms with van der Waals surface area (Å²) in [6, 6.07) is 8.18. The summed E-state index contributed by atoms with van der Waals surface area (Å²) < 4.78 is 10.7. The zero-order chi connectivity index (χ0) is 33.5. The van der Waals surface area contributed by atoms with Crippen LogP contribution in [0.1, 0.15) is 136 Å². The number of amides is 1. The number of benzene rings is 1. The first-order chi connectivity index (χ1) is 21.4. The maximum absolute atomic E-state index is 12.7. The minimum Gasteiger partial charge on any atom is -0.456 e. The van der Waals surface area contributed by atoms with Crippen molar-refractivity contribution in [2.45, 2.75) is 125 Å². The van der Waals surface area contributed by atoms with Gasteiger partial charge >= 0.3 is 12.1 Å². The Labute approximate surface area is 279 Å². The van der Waals surface area contributed by atoms with Crippen molar-refractivity contribution in [1.82, 2.24) is 4.90 Å². The number of carbonyl (C=O) groups is 2. The first-order valence-electron chi connectivity index (χ1n) is 18.3. The summed E-state index contributed by atoms with van der Waals surface area (Å²) in [5.74, 6) is 2.51. The van der Waals surface area contributed by atoms with Crippen LogP contribution in [0.3, 0.4) is 0 Å². The predicted octanol–water partition coefficient (Wildman–Crippen LogP) is 10.2. The number of carbonyl (C=O) groups excluding carboxylic acids is 2. The summed E-state index contributed by atoms with van der Waals surface area (Å²) >= 11 is 0. The van der Waals surface area contributed by atoms with Crippen molar-refractivity contribution in [3.05, 3.63) is 41.5 Å². The van der Waals surface area contributed by atoms with Gasteiger partial charge in [-0.05, 0) is 153 Å². The molecular formula is C41H61NO4. The van der Waals surface area contributed by atoms with Gasteiger partial charge in [0.2, 0.25) is 0 Å². The number of rotatable bonds is 4. The molecule has 46 heavy (non-hydrogen) atoms. The van der Waals surface area contributed by atoms with E-state index in [0.717, 1.165) is 18.9 Å². The summed E-state index contributed by atoms with van der Waals surface area (Å²) in [5, 5.41) is 0. The number of fused-ring (bicyclic) bond motifs is 7. The van der Waals surface area contributed by atoms with Gasteiger partial charge in [0.15, 0.2) is 0 Å². The van der Waals surface area contributed by atoms with Gasteiger partial charge in [-0.25, -0.2) is 9.59 Å². The average molecular weight is 632 g/mol. The van der Waals surface area contributed by atoms with E-state index in [1.54, 1.807) is 0 Å². The second kappa shape index (κ2) is 11.1. The quantitative estimate of drug-likeness (QED) is 0.310. The van der Waals surface area contributed by atoms with Gasteiger partial charge in [0, 0.05) is 13.6 Å². The molecule has 1 aromatic carbocycles. The van der Waals surface area contributed by atoms with Crippen LogP contribution in [0.5, 0.6) is 0 Å². The highest BCUT2D eigenvalue weighted by Gasteiger charge is 2.69. The monoisotopic (exact) mass is 631 g/mol. The maximum atomic E-state index is 12.7. The fraction of sp³-hybridized carbons (Fsp3) is 0.756. The van der Waals surface area contributed by atoms with Crippen LogP contribution in [-0.2, 0) is 9.47 Å². The van der Waals surface area contributed by atoms with Gasteiger partial charge in [0.05, 0.1) is 12.7 Å². The fourth-order valence-electron chi connectivity index (χ4n) is 12.9. The molecule has 7 unspecified atom stereocenters. The number of methoxy groups -OCH3 is 1. The number of nitrogens with zero attached hydrogens (tertiary/aromatic N) is 1. The summed E-state index contributed by atoms with van der Waals surface area (Å²) in [6.45, 7) is 19.6. The Morgan fingerprint density at radius 2 is 1.54 bits per heavy atom. The van der Waals surface area contributed by atoms with E-state index in [1.165, 1.54) is 76.0 Å². The average Bonchev–Trinajstić information content (AvgIpc) is 3.39. The topological polar surface area (TPSA) is 55.8 Å². The van der Waals surface area contributed by atoms with Crippen LogP contribution < -0.4 is 0 Å². The van der Waals surface area contributed by atoms with E-state index in [4.69, 9.17) is 9.47 Å². The Hall–Kier alpha value is -2.30. The zero-order valence-electron chi connectivity index (χ0n) is 30.6. The molecule has 5 aliphatic carbocycles. The molecular weight excluding hydrogens is 570 g/mol. The van der Waals surface area contributed by atoms with Crippen LogP contribution in [0.15, 0.2) is 30.3 Å². The summed E-state index contributed by atoms with van der Waals surface area (Å²) in [5.41, 5.74) is 4.01. The highest BCUT2D eigenvalue weighted by molar-refractivity contribution is 5.90. The summed E-state index contributed by atoms with van der Waals surface area (Å²) in [4.78, 5) is 27.0. The Kier molecular flexibility index (Phi) is 8.12. The van der Waals surface area contributed by atoms with Gasteiger partial charge in [0.1, 0.15) is 5.60 Å². The third-order valence-electron chi connectivity index (χ3n) is 15.0. The second-order valence-corrected chi connectivity index (χ2v) is 18.5. The Morgan fingerprint density at radius 3 is 2.20 bits per heavy atom. The molecule has 0 spiro atoms. The van der Waals surface area contributed by atoms with Crippen molar-refractivity contribution in [2.24, 2.45) is 50.7 Å². The molecule has 5 nitrogen and oxygen atoms in total. The van der Waals surface area contributed by atoms with E-state index < -0.39 is 5.60 Å². The van der Waals surface area contributed by atoms with Crippen molar-refractivity contribution in [1.29, 1.82) is 0 Å². The van der Waals surface area contributed by atoms with E-state index in [1.807, 2.05) is 44.9 Å². The van der Waals surface area contributed by atoms with Gasteiger partial charge in [-0.2, -0.15) is 0 Å². The molecule has 1 aromatic rings. The molecule has 4 saturated carbocycles. The normalized spacial score (nSPS) is 39.6. The zero-order valence-corrected chi connectivity index (χ0v) is 30.6. The number of esters is 1. The van der Waals surface area contributed by atoms with Gasteiger partial charge in [-0.15, -0.1) is 0 Å². The van der Waals surface area contributed by atoms with Gasteiger partial charge in [-0.1, -0.05) is 59.2 Å². The van der Waals surface area contributed by atoms with Gasteiger partial charge < -0.3 is 14.4 Å². The Morgan fingerprint density at radius 1 is 0.848 bits per heavy atom. The molecule has 0 N–H and O–H groups in total. The maximum Gasteiger partial charge on any atom is 0.409 e. The summed E-state index contributed by atoms with van der Waals surface area (Å²) in [6.07, 6.45) is 15.1. The number of ether oxygens (including phenoxy) is 2. The van der Waals surface area contributed by atoms with E-state index in [-0.39, 0.29) is 28.3 Å². The van der Waals surface area contributed by atoms with E-state index in [0.29, 0.717) is 34.1 Å². The molecule has 5 aliphatic rings. The van der Waals surface area contributed by atoms with Crippen LogP contribution in [0, 0.1) is 50.7 Å². The van der Waals surface area contributed by atoms with Crippen LogP contribution >= 0.6 is 0 Å². The molecule has 0 bridgehead atoms. The molecule has 0 aliphatic heterocycles. The van der Waals surface area contributed by atoms with Crippen LogP contribution in [0.2, 0.25) is 0 Å². The number of hydrogen-bond donors (Lipinski definition) is 0. The van der Waals surface area contributed by atoms with Crippen LogP contribution in [0.4, 0.5) is 4.79 Å². The third kappa shape index (κ3) is 4.99.